The lowest BCUT2D eigenvalue weighted by Crippen LogP contribution is -2.39. The Labute approximate surface area is 159 Å². The molecule has 4 heteroatoms. The minimum atomic E-state index is -0.0527. The van der Waals surface area contributed by atoms with E-state index in [4.69, 9.17) is 18.9 Å². The smallest absolute Gasteiger partial charge is 0.160 e. The highest BCUT2D eigenvalue weighted by atomic mass is 16.7. The van der Waals surface area contributed by atoms with Crippen LogP contribution >= 0.6 is 0 Å². The van der Waals surface area contributed by atoms with Gasteiger partial charge in [-0.1, -0.05) is 31.9 Å². The third-order valence-electron chi connectivity index (χ3n) is 6.23. The van der Waals surface area contributed by atoms with Crippen LogP contribution in [0.4, 0.5) is 0 Å². The van der Waals surface area contributed by atoms with Crippen LogP contribution in [-0.2, 0) is 18.9 Å². The lowest BCUT2D eigenvalue weighted by molar-refractivity contribution is -0.235. The van der Waals surface area contributed by atoms with Crippen molar-refractivity contribution >= 4 is 0 Å². The van der Waals surface area contributed by atoms with Gasteiger partial charge < -0.3 is 18.9 Å². The van der Waals surface area contributed by atoms with Crippen molar-refractivity contribution < 1.29 is 18.9 Å². The van der Waals surface area contributed by atoms with Crippen molar-refractivity contribution in [2.75, 3.05) is 26.4 Å². The molecule has 26 heavy (non-hydrogen) atoms. The van der Waals surface area contributed by atoms with Gasteiger partial charge in [0, 0.05) is 17.8 Å². The first-order valence-electron chi connectivity index (χ1n) is 10.9. The number of hydrogen-bond acceptors (Lipinski definition) is 4. The molecule has 0 aromatic carbocycles. The van der Waals surface area contributed by atoms with Gasteiger partial charge in [-0.25, -0.2) is 0 Å². The normalized spacial score (nSPS) is 39.3. The Kier molecular flexibility index (Phi) is 8.44. The van der Waals surface area contributed by atoms with E-state index in [1.54, 1.807) is 0 Å². The van der Waals surface area contributed by atoms with Gasteiger partial charge in [-0.15, -0.1) is 0 Å². The quantitative estimate of drug-likeness (QED) is 0.599. The molecule has 2 saturated heterocycles. The molecule has 3 rings (SSSR count). The van der Waals surface area contributed by atoms with Crippen LogP contribution in [0.2, 0.25) is 0 Å². The van der Waals surface area contributed by atoms with E-state index in [2.05, 4.69) is 19.1 Å². The Balaban J connectivity index is 1.29. The maximum atomic E-state index is 6.10. The first-order chi connectivity index (χ1) is 12.8. The average Bonchev–Trinajstić information content (AvgIpc) is 2.69. The second kappa shape index (κ2) is 10.8. The minimum Gasteiger partial charge on any atom is -0.352 e. The van der Waals surface area contributed by atoms with Crippen LogP contribution in [0.15, 0.2) is 12.2 Å². The van der Waals surface area contributed by atoms with Crippen LogP contribution in [0, 0.1) is 23.7 Å². The second-order valence-electron chi connectivity index (χ2n) is 8.43. The van der Waals surface area contributed by atoms with E-state index in [1.165, 1.54) is 38.5 Å². The summed E-state index contributed by atoms with van der Waals surface area (Å²) in [6, 6.07) is 0. The van der Waals surface area contributed by atoms with Gasteiger partial charge in [-0.3, -0.25) is 0 Å². The molecule has 2 aliphatic heterocycles. The summed E-state index contributed by atoms with van der Waals surface area (Å²) in [4.78, 5) is 0. The first-order valence-corrected chi connectivity index (χ1v) is 10.9. The monoisotopic (exact) mass is 366 g/mol. The zero-order chi connectivity index (χ0) is 18.2. The molecule has 0 atom stereocenters. The minimum absolute atomic E-state index is 0.0394. The SMILES string of the molecule is C/C=C/[C@H]1CO[C@H](CC[C@H]2CO[C@H]([C@H]3CC[C@H](CCC)CC3)OC2)OC1. The summed E-state index contributed by atoms with van der Waals surface area (Å²) >= 11 is 0. The summed E-state index contributed by atoms with van der Waals surface area (Å²) in [6.07, 6.45) is 14.2. The van der Waals surface area contributed by atoms with E-state index < -0.39 is 0 Å². The number of rotatable bonds is 7. The third-order valence-corrected chi connectivity index (χ3v) is 6.23. The molecule has 0 radical (unpaired) electrons. The predicted octanol–water partition coefficient (Wildman–Crippen LogP) is 4.93. The van der Waals surface area contributed by atoms with Crippen LogP contribution < -0.4 is 0 Å². The molecule has 0 amide bonds. The molecule has 1 saturated carbocycles. The largest absolute Gasteiger partial charge is 0.352 e. The summed E-state index contributed by atoms with van der Waals surface area (Å²) in [5.41, 5.74) is 0. The fourth-order valence-corrected chi connectivity index (χ4v) is 4.63. The maximum Gasteiger partial charge on any atom is 0.160 e. The van der Waals surface area contributed by atoms with Crippen LogP contribution in [0.25, 0.3) is 0 Å². The molecule has 1 aliphatic carbocycles. The highest BCUT2D eigenvalue weighted by Gasteiger charge is 2.32. The van der Waals surface area contributed by atoms with Crippen molar-refractivity contribution in [2.45, 2.75) is 77.8 Å². The van der Waals surface area contributed by atoms with Gasteiger partial charge in [0.05, 0.1) is 26.4 Å². The molecule has 0 aromatic rings. The Bertz CT molecular complexity index is 400. The van der Waals surface area contributed by atoms with E-state index in [0.29, 0.717) is 17.8 Å². The second-order valence-corrected chi connectivity index (χ2v) is 8.43. The van der Waals surface area contributed by atoms with Crippen molar-refractivity contribution in [2.24, 2.45) is 23.7 Å². The summed E-state index contributed by atoms with van der Waals surface area (Å²) in [6.45, 7) is 7.54. The Morgan fingerprint density at radius 1 is 0.769 bits per heavy atom. The molecule has 0 unspecified atom stereocenters. The Morgan fingerprint density at radius 3 is 2.08 bits per heavy atom. The molecule has 0 bridgehead atoms. The third kappa shape index (κ3) is 6.05. The molecule has 3 fully saturated rings. The van der Waals surface area contributed by atoms with Crippen molar-refractivity contribution in [3.8, 4) is 0 Å². The van der Waals surface area contributed by atoms with E-state index >= 15 is 0 Å². The van der Waals surface area contributed by atoms with Gasteiger partial charge in [-0.05, 0) is 51.4 Å². The van der Waals surface area contributed by atoms with Crippen LogP contribution in [0.5, 0.6) is 0 Å². The Hall–Kier alpha value is -0.420. The average molecular weight is 367 g/mol. The fourth-order valence-electron chi connectivity index (χ4n) is 4.63. The molecule has 2 heterocycles. The van der Waals surface area contributed by atoms with Crippen molar-refractivity contribution in [1.29, 1.82) is 0 Å². The van der Waals surface area contributed by atoms with Crippen LogP contribution in [-0.4, -0.2) is 39.0 Å². The zero-order valence-corrected chi connectivity index (χ0v) is 16.7. The van der Waals surface area contributed by atoms with Crippen LogP contribution in [0.1, 0.15) is 65.2 Å². The molecule has 0 aromatic heterocycles. The maximum absolute atomic E-state index is 6.10. The van der Waals surface area contributed by atoms with E-state index in [1.807, 2.05) is 6.92 Å². The topological polar surface area (TPSA) is 36.9 Å². The molecule has 3 aliphatic rings. The summed E-state index contributed by atoms with van der Waals surface area (Å²) in [5, 5.41) is 0. The van der Waals surface area contributed by atoms with Crippen LogP contribution in [0.3, 0.4) is 0 Å². The summed E-state index contributed by atoms with van der Waals surface area (Å²) in [5.74, 6) is 2.43. The zero-order valence-electron chi connectivity index (χ0n) is 16.7. The molecular formula is C22H38O4. The lowest BCUT2D eigenvalue weighted by Gasteiger charge is -2.38. The van der Waals surface area contributed by atoms with E-state index in [-0.39, 0.29) is 12.6 Å². The number of ether oxygens (including phenoxy) is 4. The van der Waals surface area contributed by atoms with Gasteiger partial charge in [0.1, 0.15) is 0 Å². The Morgan fingerprint density at radius 2 is 1.46 bits per heavy atom. The molecule has 4 nitrogen and oxygen atoms in total. The van der Waals surface area contributed by atoms with Gasteiger partial charge in [0.15, 0.2) is 12.6 Å². The standard InChI is InChI=1S/C22H38O4/c1-3-5-17-7-10-20(11-8-17)22-25-15-19(16-26-22)9-12-21-23-13-18(6-4-2)14-24-21/h4,6,17-22H,3,5,7-16H2,1-2H3/b6-4+/t17-,18-,19-,20-,21-,22-. The molecule has 0 spiro atoms. The lowest BCUT2D eigenvalue weighted by atomic mass is 9.79. The fraction of sp³-hybridized carbons (Fsp3) is 0.909. The van der Waals surface area contributed by atoms with E-state index in [0.717, 1.165) is 45.2 Å². The first kappa shape index (κ1) is 20.3. The van der Waals surface area contributed by atoms with Crippen molar-refractivity contribution in [3.05, 3.63) is 12.2 Å². The highest BCUT2D eigenvalue weighted by molar-refractivity contribution is 4.86. The molecule has 150 valence electrons. The van der Waals surface area contributed by atoms with Crippen molar-refractivity contribution in [1.82, 2.24) is 0 Å². The highest BCUT2D eigenvalue weighted by Crippen LogP contribution is 2.36. The predicted molar refractivity (Wildman–Crippen MR) is 103 cm³/mol. The van der Waals surface area contributed by atoms with Gasteiger partial charge in [0.2, 0.25) is 0 Å². The van der Waals surface area contributed by atoms with Gasteiger partial charge in [-0.2, -0.15) is 0 Å². The van der Waals surface area contributed by atoms with Gasteiger partial charge in [0.25, 0.3) is 0 Å². The van der Waals surface area contributed by atoms with Crippen molar-refractivity contribution in [3.63, 3.8) is 0 Å². The molecule has 0 N–H and O–H groups in total. The number of hydrogen-bond donors (Lipinski definition) is 0. The molecular weight excluding hydrogens is 328 g/mol. The summed E-state index contributed by atoms with van der Waals surface area (Å²) in [7, 11) is 0. The number of allylic oxidation sites excluding steroid dienone is 1. The van der Waals surface area contributed by atoms with Gasteiger partial charge >= 0.3 is 0 Å². The summed E-state index contributed by atoms with van der Waals surface area (Å²) < 4.78 is 23.9. The van der Waals surface area contributed by atoms with E-state index in [9.17, 15) is 0 Å².